The first-order valence-corrected chi connectivity index (χ1v) is 7.64. The lowest BCUT2D eigenvalue weighted by Gasteiger charge is -2.31. The second kappa shape index (κ2) is 5.99. The highest BCUT2D eigenvalue weighted by Gasteiger charge is 2.43. The first-order valence-electron chi connectivity index (χ1n) is 7.64. The SMILES string of the molecule is COc1ccc(CN2C(=O)C[C@H]3CCC(=O)C[C@H]32)c(OC)c1. The number of ether oxygens (including phenoxy) is 2. The monoisotopic (exact) mass is 303 g/mol. The van der Waals surface area contributed by atoms with Gasteiger partial charge in [0, 0.05) is 43.5 Å². The Morgan fingerprint density at radius 3 is 2.73 bits per heavy atom. The fourth-order valence-electron chi connectivity index (χ4n) is 3.54. The van der Waals surface area contributed by atoms with Gasteiger partial charge in [-0.25, -0.2) is 0 Å². The van der Waals surface area contributed by atoms with Crippen molar-refractivity contribution in [1.29, 1.82) is 0 Å². The summed E-state index contributed by atoms with van der Waals surface area (Å²) in [5.41, 5.74) is 0.940. The fraction of sp³-hybridized carbons (Fsp3) is 0.529. The van der Waals surface area contributed by atoms with Crippen molar-refractivity contribution >= 4 is 11.7 Å². The molecule has 1 amide bonds. The third kappa shape index (κ3) is 2.67. The molecule has 0 aromatic heterocycles. The summed E-state index contributed by atoms with van der Waals surface area (Å²) in [7, 11) is 3.22. The minimum atomic E-state index is 0.0561. The fourth-order valence-corrected chi connectivity index (χ4v) is 3.54. The number of ketones is 1. The molecular formula is C17H21NO4. The van der Waals surface area contributed by atoms with Gasteiger partial charge in [0.25, 0.3) is 0 Å². The van der Waals surface area contributed by atoms with E-state index in [1.165, 1.54) is 0 Å². The largest absolute Gasteiger partial charge is 0.497 e. The second-order valence-corrected chi connectivity index (χ2v) is 6.01. The van der Waals surface area contributed by atoms with E-state index in [0.29, 0.717) is 37.5 Å². The van der Waals surface area contributed by atoms with E-state index in [4.69, 9.17) is 9.47 Å². The van der Waals surface area contributed by atoms with Gasteiger partial charge in [-0.15, -0.1) is 0 Å². The predicted octanol–water partition coefficient (Wildman–Crippen LogP) is 2.17. The number of Topliss-reactive ketones (excluding diaryl/α,β-unsaturated/α-hetero) is 1. The van der Waals surface area contributed by atoms with Gasteiger partial charge in [-0.1, -0.05) is 0 Å². The number of likely N-dealkylation sites (tertiary alicyclic amines) is 1. The molecule has 1 aliphatic carbocycles. The van der Waals surface area contributed by atoms with Crippen LogP contribution >= 0.6 is 0 Å². The number of hydrogen-bond acceptors (Lipinski definition) is 4. The van der Waals surface area contributed by atoms with Gasteiger partial charge in [0.15, 0.2) is 0 Å². The maximum absolute atomic E-state index is 12.3. The number of methoxy groups -OCH3 is 2. The first kappa shape index (κ1) is 14.9. The van der Waals surface area contributed by atoms with Gasteiger partial charge in [-0.2, -0.15) is 0 Å². The van der Waals surface area contributed by atoms with Crippen LogP contribution in [0, 0.1) is 5.92 Å². The molecule has 5 heteroatoms. The van der Waals surface area contributed by atoms with Crippen molar-refractivity contribution in [1.82, 2.24) is 4.90 Å². The van der Waals surface area contributed by atoms with E-state index in [1.807, 2.05) is 23.1 Å². The van der Waals surface area contributed by atoms with E-state index >= 15 is 0 Å². The minimum Gasteiger partial charge on any atom is -0.497 e. The van der Waals surface area contributed by atoms with Crippen LogP contribution in [0.2, 0.25) is 0 Å². The second-order valence-electron chi connectivity index (χ2n) is 6.01. The number of carbonyl (C=O) groups excluding carboxylic acids is 2. The summed E-state index contributed by atoms with van der Waals surface area (Å²) in [6.45, 7) is 0.487. The van der Waals surface area contributed by atoms with Gasteiger partial charge in [-0.05, 0) is 24.5 Å². The Balaban J connectivity index is 1.82. The molecular weight excluding hydrogens is 282 g/mol. The number of hydrogen-bond donors (Lipinski definition) is 0. The Morgan fingerprint density at radius 2 is 2.00 bits per heavy atom. The van der Waals surface area contributed by atoms with Crippen LogP contribution in [0.5, 0.6) is 11.5 Å². The van der Waals surface area contributed by atoms with Crippen LogP contribution in [0.25, 0.3) is 0 Å². The van der Waals surface area contributed by atoms with Gasteiger partial charge in [-0.3, -0.25) is 9.59 Å². The van der Waals surface area contributed by atoms with E-state index in [-0.39, 0.29) is 17.7 Å². The molecule has 1 aliphatic heterocycles. The lowest BCUT2D eigenvalue weighted by atomic mass is 9.84. The summed E-state index contributed by atoms with van der Waals surface area (Å²) in [5.74, 6) is 2.16. The molecule has 118 valence electrons. The Morgan fingerprint density at radius 1 is 1.18 bits per heavy atom. The highest BCUT2D eigenvalue weighted by Crippen LogP contribution is 2.37. The predicted molar refractivity (Wildman–Crippen MR) is 80.8 cm³/mol. The van der Waals surface area contributed by atoms with E-state index in [1.54, 1.807) is 14.2 Å². The average Bonchev–Trinajstić information content (AvgIpc) is 2.83. The zero-order valence-corrected chi connectivity index (χ0v) is 13.0. The van der Waals surface area contributed by atoms with Gasteiger partial charge in [0.1, 0.15) is 17.3 Å². The Hall–Kier alpha value is -2.04. The molecule has 2 fully saturated rings. The zero-order valence-electron chi connectivity index (χ0n) is 13.0. The van der Waals surface area contributed by atoms with Gasteiger partial charge >= 0.3 is 0 Å². The first-order chi connectivity index (χ1) is 10.6. The average molecular weight is 303 g/mol. The van der Waals surface area contributed by atoms with Crippen LogP contribution in [0.3, 0.4) is 0 Å². The molecule has 1 heterocycles. The van der Waals surface area contributed by atoms with Crippen molar-refractivity contribution in [2.24, 2.45) is 5.92 Å². The van der Waals surface area contributed by atoms with E-state index < -0.39 is 0 Å². The molecule has 22 heavy (non-hydrogen) atoms. The Bertz CT molecular complexity index is 598. The summed E-state index contributed by atoms with van der Waals surface area (Å²) in [4.78, 5) is 25.9. The van der Waals surface area contributed by atoms with Gasteiger partial charge < -0.3 is 14.4 Å². The number of amides is 1. The summed E-state index contributed by atoms with van der Waals surface area (Å²) in [6.07, 6.45) is 2.52. The molecule has 1 aromatic carbocycles. The van der Waals surface area contributed by atoms with Crippen molar-refractivity contribution in [2.45, 2.75) is 38.3 Å². The van der Waals surface area contributed by atoms with Crippen LogP contribution in [0.15, 0.2) is 18.2 Å². The topological polar surface area (TPSA) is 55.8 Å². The molecule has 2 atom stereocenters. The van der Waals surface area contributed by atoms with E-state index in [0.717, 1.165) is 17.7 Å². The summed E-state index contributed by atoms with van der Waals surface area (Å²) < 4.78 is 10.6. The number of nitrogens with zero attached hydrogens (tertiary/aromatic N) is 1. The number of rotatable bonds is 4. The van der Waals surface area contributed by atoms with Crippen molar-refractivity contribution in [3.05, 3.63) is 23.8 Å². The van der Waals surface area contributed by atoms with Crippen molar-refractivity contribution in [3.63, 3.8) is 0 Å². The highest BCUT2D eigenvalue weighted by atomic mass is 16.5. The standard InChI is InChI=1S/C17H21NO4/c1-21-14-6-4-12(16(9-14)22-2)10-18-15-8-13(19)5-3-11(15)7-17(18)20/h4,6,9,11,15H,3,5,7-8,10H2,1-2H3/t11-,15-/m1/s1. The summed E-state index contributed by atoms with van der Waals surface area (Å²) in [6, 6.07) is 5.66. The third-order valence-electron chi connectivity index (χ3n) is 4.77. The maximum Gasteiger partial charge on any atom is 0.223 e. The van der Waals surface area contributed by atoms with E-state index in [2.05, 4.69) is 0 Å². The smallest absolute Gasteiger partial charge is 0.223 e. The maximum atomic E-state index is 12.3. The summed E-state index contributed by atoms with van der Waals surface area (Å²) >= 11 is 0. The van der Waals surface area contributed by atoms with Crippen LogP contribution < -0.4 is 9.47 Å². The van der Waals surface area contributed by atoms with Gasteiger partial charge in [0.05, 0.1) is 14.2 Å². The van der Waals surface area contributed by atoms with Crippen LogP contribution in [-0.4, -0.2) is 36.9 Å². The molecule has 0 unspecified atom stereocenters. The van der Waals surface area contributed by atoms with Crippen molar-refractivity contribution in [2.75, 3.05) is 14.2 Å². The number of carbonyl (C=O) groups is 2. The van der Waals surface area contributed by atoms with E-state index in [9.17, 15) is 9.59 Å². The Kier molecular flexibility index (Phi) is 4.05. The lowest BCUT2D eigenvalue weighted by molar-refractivity contribution is -0.130. The lowest BCUT2D eigenvalue weighted by Crippen LogP contribution is -2.38. The van der Waals surface area contributed by atoms with Crippen molar-refractivity contribution < 1.29 is 19.1 Å². The molecule has 3 rings (SSSR count). The molecule has 0 bridgehead atoms. The van der Waals surface area contributed by atoms with Crippen LogP contribution in [0.4, 0.5) is 0 Å². The molecule has 0 radical (unpaired) electrons. The minimum absolute atomic E-state index is 0.0561. The zero-order chi connectivity index (χ0) is 15.7. The molecule has 0 spiro atoms. The quantitative estimate of drug-likeness (QED) is 0.855. The molecule has 1 aromatic rings. The van der Waals surface area contributed by atoms with Crippen LogP contribution in [0.1, 0.15) is 31.2 Å². The number of benzene rings is 1. The third-order valence-corrected chi connectivity index (χ3v) is 4.77. The van der Waals surface area contributed by atoms with Crippen LogP contribution in [-0.2, 0) is 16.1 Å². The number of fused-ring (bicyclic) bond motifs is 1. The molecule has 1 saturated carbocycles. The molecule has 5 nitrogen and oxygen atoms in total. The highest BCUT2D eigenvalue weighted by molar-refractivity contribution is 5.85. The molecule has 1 saturated heterocycles. The Labute approximate surface area is 130 Å². The van der Waals surface area contributed by atoms with Crippen molar-refractivity contribution in [3.8, 4) is 11.5 Å². The normalized spacial score (nSPS) is 24.4. The van der Waals surface area contributed by atoms with Gasteiger partial charge in [0.2, 0.25) is 5.91 Å². The summed E-state index contributed by atoms with van der Waals surface area (Å²) in [5, 5.41) is 0. The molecule has 2 aliphatic rings. The molecule has 0 N–H and O–H groups in total.